The summed E-state index contributed by atoms with van der Waals surface area (Å²) in [4.78, 5) is 58.2. The Morgan fingerprint density at radius 1 is 1.08 bits per heavy atom. The SMILES string of the molecule is CC[C@@]1(OC(=O)C(C)NC(=O)OCc2cc(C)c(NC(C)(C)C)c(C)c2)C(=O)OCc2c1cc1n(c2=O)Cc2cc3ccccc3nc2-1. The van der Waals surface area contributed by atoms with Crippen molar-refractivity contribution < 1.29 is 28.6 Å². The standard InChI is InChI=1S/C37H40N4O7/c1-8-37(48-33(43)22(4)38-35(45)47-18-23-13-20(2)30(21(3)14-23)40-36(5,6)7)27-16-29-31-25(15-24-11-9-10-12-28(24)39-31)17-41(29)32(42)26(27)19-46-34(37)44/h9-16,22,40H,8,17-19H2,1-7H3,(H,38,45)/t22?,37-/m0/s1. The van der Waals surface area contributed by atoms with Crippen LogP contribution < -0.4 is 16.2 Å². The normalized spacial score (nSPS) is 17.1. The van der Waals surface area contributed by atoms with Gasteiger partial charge in [-0.1, -0.05) is 37.3 Å². The zero-order valence-corrected chi connectivity index (χ0v) is 28.3. The molecule has 11 heteroatoms. The smallest absolute Gasteiger partial charge is 0.408 e. The minimum absolute atomic E-state index is 0.00140. The molecule has 250 valence electrons. The molecule has 0 spiro atoms. The van der Waals surface area contributed by atoms with Crippen LogP contribution in [0.5, 0.6) is 0 Å². The Morgan fingerprint density at radius 2 is 1.79 bits per heavy atom. The van der Waals surface area contributed by atoms with Gasteiger partial charge in [0, 0.05) is 27.7 Å². The molecule has 0 saturated carbocycles. The Hall–Kier alpha value is -5.19. The summed E-state index contributed by atoms with van der Waals surface area (Å²) >= 11 is 0. The van der Waals surface area contributed by atoms with Crippen LogP contribution in [0.3, 0.4) is 0 Å². The molecule has 2 atom stereocenters. The number of hydrogen-bond acceptors (Lipinski definition) is 9. The van der Waals surface area contributed by atoms with Gasteiger partial charge in [0.1, 0.15) is 19.3 Å². The van der Waals surface area contributed by atoms with Gasteiger partial charge in [-0.05, 0) is 82.9 Å². The quantitative estimate of drug-likeness (QED) is 0.166. The number of aromatic nitrogens is 2. The summed E-state index contributed by atoms with van der Waals surface area (Å²) in [5, 5.41) is 6.95. The first-order valence-corrected chi connectivity index (χ1v) is 16.1. The van der Waals surface area contributed by atoms with Crippen molar-refractivity contribution in [2.24, 2.45) is 0 Å². The molecule has 11 nitrogen and oxygen atoms in total. The van der Waals surface area contributed by atoms with Crippen LogP contribution in [-0.4, -0.2) is 39.2 Å². The number of carbonyl (C=O) groups excluding carboxylic acids is 3. The monoisotopic (exact) mass is 652 g/mol. The van der Waals surface area contributed by atoms with Crippen LogP contribution in [0.4, 0.5) is 10.5 Å². The van der Waals surface area contributed by atoms with E-state index in [0.29, 0.717) is 17.9 Å². The lowest BCUT2D eigenvalue weighted by molar-refractivity contribution is -0.190. The van der Waals surface area contributed by atoms with Crippen LogP contribution in [0.2, 0.25) is 0 Å². The molecule has 0 aliphatic carbocycles. The average molecular weight is 653 g/mol. The average Bonchev–Trinajstić information content (AvgIpc) is 3.39. The molecule has 2 aromatic heterocycles. The van der Waals surface area contributed by atoms with Gasteiger partial charge in [0.15, 0.2) is 0 Å². The van der Waals surface area contributed by atoms with Crippen molar-refractivity contribution in [3.05, 3.63) is 92.3 Å². The van der Waals surface area contributed by atoms with Crippen LogP contribution in [-0.2, 0) is 49.2 Å². The maximum atomic E-state index is 13.8. The summed E-state index contributed by atoms with van der Waals surface area (Å²) < 4.78 is 18.4. The summed E-state index contributed by atoms with van der Waals surface area (Å²) in [5.41, 5.74) is 4.82. The first kappa shape index (κ1) is 32.7. The lowest BCUT2D eigenvalue weighted by atomic mass is 9.85. The summed E-state index contributed by atoms with van der Waals surface area (Å²) in [6.45, 7) is 13.4. The summed E-state index contributed by atoms with van der Waals surface area (Å²) in [6, 6.07) is 14.1. The lowest BCUT2D eigenvalue weighted by Gasteiger charge is -2.36. The molecular weight excluding hydrogens is 612 g/mol. The van der Waals surface area contributed by atoms with E-state index in [1.54, 1.807) is 17.6 Å². The van der Waals surface area contributed by atoms with Gasteiger partial charge in [0.05, 0.1) is 29.0 Å². The van der Waals surface area contributed by atoms with E-state index in [-0.39, 0.29) is 41.9 Å². The molecule has 2 aromatic carbocycles. The second kappa shape index (κ2) is 12.1. The number of para-hydroxylation sites is 1. The van der Waals surface area contributed by atoms with Gasteiger partial charge in [-0.15, -0.1) is 0 Å². The minimum Gasteiger partial charge on any atom is -0.457 e. The third-order valence-corrected chi connectivity index (χ3v) is 8.81. The van der Waals surface area contributed by atoms with Crippen molar-refractivity contribution in [1.29, 1.82) is 0 Å². The van der Waals surface area contributed by atoms with Gasteiger partial charge >= 0.3 is 18.0 Å². The van der Waals surface area contributed by atoms with Crippen LogP contribution in [0.25, 0.3) is 22.3 Å². The van der Waals surface area contributed by atoms with E-state index in [9.17, 15) is 19.2 Å². The van der Waals surface area contributed by atoms with E-state index < -0.39 is 29.7 Å². The van der Waals surface area contributed by atoms with Gasteiger partial charge in [0.2, 0.25) is 5.60 Å². The van der Waals surface area contributed by atoms with E-state index in [4.69, 9.17) is 19.2 Å². The fourth-order valence-electron chi connectivity index (χ4n) is 6.48. The molecule has 6 rings (SSSR count). The predicted molar refractivity (Wildman–Crippen MR) is 180 cm³/mol. The number of cyclic esters (lactones) is 1. The molecule has 48 heavy (non-hydrogen) atoms. The number of ether oxygens (including phenoxy) is 3. The van der Waals surface area contributed by atoms with Crippen LogP contribution in [0, 0.1) is 13.8 Å². The van der Waals surface area contributed by atoms with Crippen LogP contribution >= 0.6 is 0 Å². The topological polar surface area (TPSA) is 138 Å². The number of fused-ring (bicyclic) bond motifs is 5. The highest BCUT2D eigenvalue weighted by Crippen LogP contribution is 2.41. The van der Waals surface area contributed by atoms with Gasteiger partial charge in [0.25, 0.3) is 5.56 Å². The van der Waals surface area contributed by atoms with Crippen LogP contribution in [0.15, 0.2) is 53.3 Å². The fraction of sp³-hybridized carbons (Fsp3) is 0.378. The Morgan fingerprint density at radius 3 is 2.48 bits per heavy atom. The molecule has 0 saturated heterocycles. The number of benzene rings is 2. The number of rotatable bonds is 7. The molecule has 2 aliphatic heterocycles. The van der Waals surface area contributed by atoms with E-state index >= 15 is 0 Å². The number of nitrogens with zero attached hydrogens (tertiary/aromatic N) is 2. The molecular formula is C37H40N4O7. The highest BCUT2D eigenvalue weighted by Gasteiger charge is 2.51. The molecule has 2 N–H and O–H groups in total. The zero-order chi connectivity index (χ0) is 34.5. The minimum atomic E-state index is -1.89. The van der Waals surface area contributed by atoms with Gasteiger partial charge in [-0.2, -0.15) is 0 Å². The number of nitrogens with one attached hydrogen (secondary N) is 2. The summed E-state index contributed by atoms with van der Waals surface area (Å²) in [5.74, 6) is -1.67. The maximum Gasteiger partial charge on any atom is 0.408 e. The summed E-state index contributed by atoms with van der Waals surface area (Å²) in [6.07, 6.45) is -0.823. The van der Waals surface area contributed by atoms with Crippen molar-refractivity contribution in [3.63, 3.8) is 0 Å². The summed E-state index contributed by atoms with van der Waals surface area (Å²) in [7, 11) is 0. The van der Waals surface area contributed by atoms with Crippen molar-refractivity contribution in [2.45, 2.75) is 91.8 Å². The highest BCUT2D eigenvalue weighted by atomic mass is 16.6. The molecule has 4 heterocycles. The Bertz CT molecular complexity index is 2020. The molecule has 1 amide bonds. The Balaban J connectivity index is 1.20. The second-order valence-corrected chi connectivity index (χ2v) is 13.6. The number of carbonyl (C=O) groups is 3. The number of esters is 2. The number of aryl methyl sites for hydroxylation is 2. The van der Waals surface area contributed by atoms with Crippen molar-refractivity contribution in [2.75, 3.05) is 5.32 Å². The molecule has 0 bridgehead atoms. The molecule has 0 radical (unpaired) electrons. The third kappa shape index (κ3) is 5.89. The molecule has 0 fully saturated rings. The zero-order valence-electron chi connectivity index (χ0n) is 28.3. The van der Waals surface area contributed by atoms with E-state index in [1.807, 2.05) is 56.3 Å². The van der Waals surface area contributed by atoms with E-state index in [0.717, 1.165) is 38.8 Å². The predicted octanol–water partition coefficient (Wildman–Crippen LogP) is 5.77. The largest absolute Gasteiger partial charge is 0.457 e. The number of hydrogen-bond donors (Lipinski definition) is 2. The second-order valence-electron chi connectivity index (χ2n) is 13.6. The van der Waals surface area contributed by atoms with E-state index in [1.165, 1.54) is 6.92 Å². The molecule has 2 aliphatic rings. The number of alkyl carbamates (subject to hydrolysis) is 1. The first-order chi connectivity index (χ1) is 22.7. The van der Waals surface area contributed by atoms with Crippen molar-refractivity contribution >= 4 is 34.6 Å². The van der Waals surface area contributed by atoms with Gasteiger partial charge in [-0.3, -0.25) is 4.79 Å². The lowest BCUT2D eigenvalue weighted by Crippen LogP contribution is -2.50. The number of amides is 1. The Labute approximate surface area is 278 Å². The number of pyridine rings is 2. The van der Waals surface area contributed by atoms with Crippen LogP contribution in [0.1, 0.15) is 74.4 Å². The molecule has 1 unspecified atom stereocenters. The van der Waals surface area contributed by atoms with E-state index in [2.05, 4.69) is 31.4 Å². The van der Waals surface area contributed by atoms with Crippen molar-refractivity contribution in [3.8, 4) is 11.4 Å². The first-order valence-electron chi connectivity index (χ1n) is 16.1. The highest BCUT2D eigenvalue weighted by molar-refractivity contribution is 5.90. The maximum absolute atomic E-state index is 13.8. The fourth-order valence-corrected chi connectivity index (χ4v) is 6.48. The van der Waals surface area contributed by atoms with Crippen molar-refractivity contribution in [1.82, 2.24) is 14.9 Å². The Kier molecular flexibility index (Phi) is 8.26. The molecule has 4 aromatic rings. The third-order valence-electron chi connectivity index (χ3n) is 8.81. The van der Waals surface area contributed by atoms with Gasteiger partial charge < -0.3 is 29.4 Å². The number of anilines is 1. The van der Waals surface area contributed by atoms with Gasteiger partial charge in [-0.25, -0.2) is 19.4 Å².